The minimum atomic E-state index is -5.24. The molecule has 0 aromatic carbocycles. The van der Waals surface area contributed by atoms with Crippen LogP contribution >= 0.6 is 0 Å². The van der Waals surface area contributed by atoms with E-state index < -0.39 is 91.3 Å². The van der Waals surface area contributed by atoms with Crippen molar-refractivity contribution >= 4 is 0 Å². The number of unbranched alkanes of at least 4 members (excludes halogenated alkanes) is 2. The Hall–Kier alpha value is -1.68. The van der Waals surface area contributed by atoms with Gasteiger partial charge in [-0.1, -0.05) is 245 Å². The molecule has 87 heavy (non-hydrogen) atoms. The first-order chi connectivity index (χ1) is 37.7. The Bertz CT molecular complexity index is 1350. The van der Waals surface area contributed by atoms with E-state index in [9.17, 15) is 105 Å². The van der Waals surface area contributed by atoms with Crippen molar-refractivity contribution in [1.29, 1.82) is 0 Å². The quantitative estimate of drug-likeness (QED) is 0.127. The summed E-state index contributed by atoms with van der Waals surface area (Å²) in [6, 6.07) is 0. The molecule has 0 saturated carbocycles. The number of hydrogen-bond acceptors (Lipinski definition) is 0. The van der Waals surface area contributed by atoms with E-state index in [1.165, 1.54) is 59.3 Å². The van der Waals surface area contributed by atoms with E-state index in [0.29, 0.717) is 17.3 Å². The third kappa shape index (κ3) is 95.6. The summed E-state index contributed by atoms with van der Waals surface area (Å²) in [5.41, 5.74) is -4.10. The molecule has 0 spiro atoms. The second-order valence-electron chi connectivity index (χ2n) is 26.7. The minimum Gasteiger partial charge on any atom is -0.171 e. The van der Waals surface area contributed by atoms with Crippen molar-refractivity contribution in [2.75, 3.05) is 0 Å². The second-order valence-corrected chi connectivity index (χ2v) is 26.7. The third-order valence-corrected chi connectivity index (χ3v) is 12.6. The zero-order valence-corrected chi connectivity index (χ0v) is 58.7. The van der Waals surface area contributed by atoms with Gasteiger partial charge in [0, 0.05) is 12.8 Å². The van der Waals surface area contributed by atoms with E-state index in [1.54, 1.807) is 13.8 Å². The summed E-state index contributed by atoms with van der Waals surface area (Å²) in [6.07, 6.45) is -29.0. The molecule has 0 nitrogen and oxygen atoms in total. The van der Waals surface area contributed by atoms with Crippen LogP contribution in [0.1, 0.15) is 297 Å². The fourth-order valence-electron chi connectivity index (χ4n) is 3.09. The topological polar surface area (TPSA) is 0 Å². The lowest BCUT2D eigenvalue weighted by Gasteiger charge is -2.29. The zero-order valence-electron chi connectivity index (χ0n) is 58.7. The highest BCUT2D eigenvalue weighted by molar-refractivity contribution is 4.84. The number of halogens is 24. The molecular formula is C63H124F24. The molecule has 0 amide bonds. The number of alkyl halides is 24. The normalized spacial score (nSPS) is 13.0. The maximum absolute atomic E-state index is 11.7. The van der Waals surface area contributed by atoms with Crippen LogP contribution in [-0.2, 0) is 0 Å². The van der Waals surface area contributed by atoms with Gasteiger partial charge in [-0.15, -0.1) is 0 Å². The molecule has 0 radical (unpaired) electrons. The van der Waals surface area contributed by atoms with Gasteiger partial charge in [0.2, 0.25) is 0 Å². The van der Waals surface area contributed by atoms with Crippen molar-refractivity contribution in [3.05, 3.63) is 0 Å². The molecule has 0 aliphatic heterocycles. The first kappa shape index (κ1) is 110. The SMILES string of the molecule is CC(C)(C(F)(F)F)C(F)(F)F.CC(C)(C)C(F)(F)F.CC(C)C(C)C.CC(C)CCC(F)(F)F.CCC(C)(C)C.CCC(C)(C)C.CCC(C)C(F)(F)F.CCC(C)CC.CCCC(C(F)(F)F)C(F)(F)F.CCCC(C)C.CCCCCC(F)(F)F. The van der Waals surface area contributed by atoms with E-state index in [1.807, 2.05) is 6.92 Å². The molecule has 0 rings (SSSR count). The van der Waals surface area contributed by atoms with Crippen molar-refractivity contribution < 1.29 is 105 Å². The zero-order chi connectivity index (χ0) is 73.6. The Kier molecular flexibility index (Phi) is 65.4. The average Bonchev–Trinajstić information content (AvgIpc) is 3.28. The van der Waals surface area contributed by atoms with Crippen LogP contribution in [0.2, 0.25) is 0 Å². The van der Waals surface area contributed by atoms with E-state index in [4.69, 9.17) is 0 Å². The van der Waals surface area contributed by atoms with E-state index in [-0.39, 0.29) is 45.4 Å². The maximum atomic E-state index is 11.7. The van der Waals surface area contributed by atoms with Gasteiger partial charge in [-0.2, -0.15) is 105 Å². The first-order valence-electron chi connectivity index (χ1n) is 30.3. The molecular weight excluding hydrogens is 1210 g/mol. The van der Waals surface area contributed by atoms with Crippen LogP contribution < -0.4 is 0 Å². The van der Waals surface area contributed by atoms with E-state index in [0.717, 1.165) is 50.9 Å². The largest absolute Gasteiger partial charge is 0.402 e. The molecule has 0 fully saturated rings. The Morgan fingerprint density at radius 2 is 0.563 bits per heavy atom. The second kappa shape index (κ2) is 51.8. The van der Waals surface area contributed by atoms with Gasteiger partial charge >= 0.3 is 49.4 Å². The summed E-state index contributed by atoms with van der Waals surface area (Å²) in [4.78, 5) is 0. The number of hydrogen-bond donors (Lipinski definition) is 0. The Morgan fingerprint density at radius 3 is 0.621 bits per heavy atom. The molecule has 544 valence electrons. The average molecular weight is 1340 g/mol. The lowest BCUT2D eigenvalue weighted by Crippen LogP contribution is -2.44. The lowest BCUT2D eigenvalue weighted by atomic mass is 9.92. The Morgan fingerprint density at radius 1 is 0.299 bits per heavy atom. The molecule has 0 aliphatic rings. The summed E-state index contributed by atoms with van der Waals surface area (Å²) in [5.74, 6) is -0.640. The van der Waals surface area contributed by atoms with Gasteiger partial charge in [-0.25, -0.2) is 0 Å². The molecule has 0 bridgehead atoms. The molecule has 0 heterocycles. The van der Waals surface area contributed by atoms with Gasteiger partial charge in [0.25, 0.3) is 0 Å². The van der Waals surface area contributed by atoms with Gasteiger partial charge < -0.3 is 0 Å². The van der Waals surface area contributed by atoms with Crippen LogP contribution in [0, 0.1) is 63.1 Å². The summed E-state index contributed by atoms with van der Waals surface area (Å²) < 4.78 is 277. The van der Waals surface area contributed by atoms with Crippen LogP contribution in [0.5, 0.6) is 0 Å². The predicted molar refractivity (Wildman–Crippen MR) is 316 cm³/mol. The molecule has 0 aromatic heterocycles. The van der Waals surface area contributed by atoms with Gasteiger partial charge in [-0.3, -0.25) is 0 Å². The van der Waals surface area contributed by atoms with Crippen molar-refractivity contribution in [1.82, 2.24) is 0 Å². The Balaban J connectivity index is -0.0000000818. The monoisotopic (exact) mass is 1340 g/mol. The molecule has 0 aromatic rings. The summed E-state index contributed by atoms with van der Waals surface area (Å²) in [7, 11) is 0. The van der Waals surface area contributed by atoms with Gasteiger partial charge in [0.05, 0.1) is 11.3 Å². The summed E-state index contributed by atoms with van der Waals surface area (Å²) >= 11 is 0. The van der Waals surface area contributed by atoms with Gasteiger partial charge in [0.15, 0.2) is 11.3 Å². The summed E-state index contributed by atoms with van der Waals surface area (Å²) in [5, 5.41) is 0. The first-order valence-corrected chi connectivity index (χ1v) is 30.3. The van der Waals surface area contributed by atoms with Crippen molar-refractivity contribution in [3.8, 4) is 0 Å². The van der Waals surface area contributed by atoms with Crippen molar-refractivity contribution in [2.24, 2.45) is 63.1 Å². The third-order valence-electron chi connectivity index (χ3n) is 12.6. The lowest BCUT2D eigenvalue weighted by molar-refractivity contribution is -0.327. The molecule has 0 saturated heterocycles. The highest BCUT2D eigenvalue weighted by Crippen LogP contribution is 2.49. The fraction of sp³-hybridized carbons (Fsp3) is 1.00. The molecule has 1 atom stereocenters. The van der Waals surface area contributed by atoms with Crippen LogP contribution in [-0.4, -0.2) is 49.4 Å². The molecule has 0 aliphatic carbocycles. The molecule has 0 N–H and O–H groups in total. The highest BCUT2D eigenvalue weighted by atomic mass is 19.4. The number of rotatable bonds is 13. The van der Waals surface area contributed by atoms with Crippen LogP contribution in [0.25, 0.3) is 0 Å². The van der Waals surface area contributed by atoms with E-state index >= 15 is 0 Å². The molecule has 24 heteroatoms. The van der Waals surface area contributed by atoms with Crippen LogP contribution in [0.15, 0.2) is 0 Å². The predicted octanol–water partition coefficient (Wildman–Crippen LogP) is 30.0. The van der Waals surface area contributed by atoms with E-state index in [2.05, 4.69) is 125 Å². The minimum absolute atomic E-state index is 0.104. The maximum Gasteiger partial charge on any atom is 0.402 e. The van der Waals surface area contributed by atoms with Crippen LogP contribution in [0.3, 0.4) is 0 Å². The molecule has 1 unspecified atom stereocenters. The van der Waals surface area contributed by atoms with Gasteiger partial charge in [0.1, 0.15) is 0 Å². The highest BCUT2D eigenvalue weighted by Gasteiger charge is 2.64. The van der Waals surface area contributed by atoms with Crippen LogP contribution in [0.4, 0.5) is 105 Å². The van der Waals surface area contributed by atoms with Crippen molar-refractivity contribution in [2.45, 2.75) is 347 Å². The fourth-order valence-corrected chi connectivity index (χ4v) is 3.09. The Labute approximate surface area is 513 Å². The standard InChI is InChI=1S/C6H8F6.2C6H11F3.5C6H14.C5H6F6.2C5H9F3/c1-2-3-4(5(7,8)9)6(10,11)12;1-5(2)3-4-6(7,8)9;1-2-3-4-5-6(7,8)9;2*1-5-6(2,3)4;1-5(2)6(3)4;1-4-5-6(2)3;1-4-6(3)5-2;1-3(2,4(6,7)8)5(9,10)11;1-4(2,3)5(6,7)8;1-3-4(2)5(6,7)8/h4H,2-3H2,1H3;5H,3-4H2,1-2H3;2-5H2,1H3;2*5H2,1-4H3;5-6H,1-4H3;2*6H,4-5H2,1-3H3;1-2H3;1-3H3;4H,3H2,1-2H3. The van der Waals surface area contributed by atoms with Gasteiger partial charge in [-0.05, 0) is 80.0 Å². The summed E-state index contributed by atoms with van der Waals surface area (Å²) in [6.45, 7) is 53.4. The van der Waals surface area contributed by atoms with Crippen molar-refractivity contribution in [3.63, 3.8) is 0 Å². The smallest absolute Gasteiger partial charge is 0.171 e.